The molecule has 2 amide bonds. The Morgan fingerprint density at radius 1 is 0.927 bits per heavy atom. The van der Waals surface area contributed by atoms with E-state index in [9.17, 15) is 14.4 Å². The zero-order valence-electron chi connectivity index (χ0n) is 22.4. The highest BCUT2D eigenvalue weighted by Gasteiger charge is 2.14. The minimum atomic E-state index is -0.553. The number of likely N-dealkylation sites (tertiary alicyclic amines) is 1. The smallest absolute Gasteiger partial charge is 0.420 e. The van der Waals surface area contributed by atoms with Gasteiger partial charge < -0.3 is 24.1 Å². The molecule has 0 aliphatic carbocycles. The Labute approximate surface area is 236 Å². The van der Waals surface area contributed by atoms with Crippen LogP contribution in [-0.2, 0) is 16.1 Å². The molecule has 1 N–H and O–H groups in total. The van der Waals surface area contributed by atoms with Gasteiger partial charge in [-0.15, -0.1) is 0 Å². The van der Waals surface area contributed by atoms with Crippen molar-refractivity contribution in [1.29, 1.82) is 0 Å². The van der Waals surface area contributed by atoms with Gasteiger partial charge in [0.1, 0.15) is 12.4 Å². The number of benzene rings is 2. The number of hydrogen-bond acceptors (Lipinski definition) is 7. The molecule has 2 aromatic heterocycles. The number of nitrogens with one attached hydrogen (secondary N) is 1. The SMILES string of the molecule is O=C(C=CC=Cc1ccc2c(c1)OCO2)N1CCCCC1.O=C(Cn1c(=O)oc2ccccc21)Nc1ccccn1. The first-order valence-electron chi connectivity index (χ1n) is 13.4. The van der Waals surface area contributed by atoms with Crippen molar-refractivity contribution in [3.63, 3.8) is 0 Å². The number of piperidine rings is 1. The summed E-state index contributed by atoms with van der Waals surface area (Å²) in [7, 11) is 0. The van der Waals surface area contributed by atoms with Crippen molar-refractivity contribution in [2.24, 2.45) is 0 Å². The molecule has 0 atom stereocenters. The van der Waals surface area contributed by atoms with Crippen LogP contribution in [0, 0.1) is 0 Å². The van der Waals surface area contributed by atoms with E-state index in [1.807, 2.05) is 35.3 Å². The van der Waals surface area contributed by atoms with Crippen LogP contribution in [0.2, 0.25) is 0 Å². The fourth-order valence-electron chi connectivity index (χ4n) is 4.47. The highest BCUT2D eigenvalue weighted by molar-refractivity contribution is 5.90. The molecular formula is C31H30N4O6. The van der Waals surface area contributed by atoms with Crippen LogP contribution in [0.1, 0.15) is 24.8 Å². The minimum absolute atomic E-state index is 0.102. The quantitative estimate of drug-likeness (QED) is 0.273. The van der Waals surface area contributed by atoms with Crippen molar-refractivity contribution in [2.75, 3.05) is 25.2 Å². The number of pyridine rings is 1. The number of ether oxygens (including phenoxy) is 2. The average molecular weight is 555 g/mol. The minimum Gasteiger partial charge on any atom is -0.454 e. The number of hydrogen-bond donors (Lipinski definition) is 1. The summed E-state index contributed by atoms with van der Waals surface area (Å²) in [5.41, 5.74) is 2.08. The van der Waals surface area contributed by atoms with Gasteiger partial charge in [-0.25, -0.2) is 9.78 Å². The number of carbonyl (C=O) groups excluding carboxylic acids is 2. The van der Waals surface area contributed by atoms with Crippen molar-refractivity contribution in [3.8, 4) is 11.5 Å². The third kappa shape index (κ3) is 7.30. The van der Waals surface area contributed by atoms with E-state index in [4.69, 9.17) is 13.9 Å². The van der Waals surface area contributed by atoms with E-state index in [1.54, 1.807) is 60.8 Å². The number of aromatic nitrogens is 2. The number of carbonyl (C=O) groups is 2. The number of fused-ring (bicyclic) bond motifs is 2. The van der Waals surface area contributed by atoms with Crippen molar-refractivity contribution < 1.29 is 23.5 Å². The third-order valence-electron chi connectivity index (χ3n) is 6.51. The second kappa shape index (κ2) is 13.3. The molecule has 2 aromatic carbocycles. The number of oxazole rings is 1. The molecule has 0 unspecified atom stereocenters. The summed E-state index contributed by atoms with van der Waals surface area (Å²) >= 11 is 0. The molecule has 1 fully saturated rings. The van der Waals surface area contributed by atoms with E-state index >= 15 is 0 Å². The maximum Gasteiger partial charge on any atom is 0.420 e. The van der Waals surface area contributed by atoms with Gasteiger partial charge in [-0.2, -0.15) is 0 Å². The number of nitrogens with zero attached hydrogens (tertiary/aromatic N) is 3. The van der Waals surface area contributed by atoms with Crippen LogP contribution in [0.15, 0.2) is 94.3 Å². The van der Waals surface area contributed by atoms with Gasteiger partial charge >= 0.3 is 5.76 Å². The first-order chi connectivity index (χ1) is 20.1. The lowest BCUT2D eigenvalue weighted by Crippen LogP contribution is -2.34. The lowest BCUT2D eigenvalue weighted by Gasteiger charge is -2.25. The second-order valence-corrected chi connectivity index (χ2v) is 9.40. The summed E-state index contributed by atoms with van der Waals surface area (Å²) < 4.78 is 16.9. The summed E-state index contributed by atoms with van der Waals surface area (Å²) in [5, 5.41) is 2.62. The van der Waals surface area contributed by atoms with Crippen molar-refractivity contribution in [3.05, 3.63) is 101 Å². The fourth-order valence-corrected chi connectivity index (χ4v) is 4.47. The molecule has 2 aliphatic heterocycles. The van der Waals surface area contributed by atoms with Gasteiger partial charge in [0.25, 0.3) is 0 Å². The normalized spacial score (nSPS) is 14.3. The first kappa shape index (κ1) is 27.4. The van der Waals surface area contributed by atoms with Crippen molar-refractivity contribution in [2.45, 2.75) is 25.8 Å². The summed E-state index contributed by atoms with van der Waals surface area (Å²) in [6.45, 7) is 1.93. The number of rotatable bonds is 6. The Bertz CT molecular complexity index is 1620. The average Bonchev–Trinajstić information content (AvgIpc) is 3.60. The van der Waals surface area contributed by atoms with Gasteiger partial charge in [0.15, 0.2) is 17.1 Å². The molecule has 4 heterocycles. The second-order valence-electron chi connectivity index (χ2n) is 9.40. The Morgan fingerprint density at radius 3 is 2.56 bits per heavy atom. The molecule has 6 rings (SSSR count). The monoisotopic (exact) mass is 554 g/mol. The third-order valence-corrected chi connectivity index (χ3v) is 6.51. The zero-order valence-corrected chi connectivity index (χ0v) is 22.4. The summed E-state index contributed by atoms with van der Waals surface area (Å²) in [5.74, 6) is 1.21. The topological polar surface area (TPSA) is 116 Å². The standard InChI is InChI=1S/C17H19NO3.C14H11N3O3/c19-17(18-10-4-1-5-11-18)7-3-2-6-14-8-9-15-16(12-14)21-13-20-15;18-13(16-12-7-3-4-8-15-12)9-17-10-5-1-2-6-11(10)20-14(17)19/h2-3,6-9,12H,1,4-5,10-11,13H2;1-8H,9H2,(H,15,16,18). The maximum atomic E-state index is 11.9. The summed E-state index contributed by atoms with van der Waals surface area (Å²) in [6.07, 6.45) is 12.3. The molecule has 0 spiro atoms. The van der Waals surface area contributed by atoms with Gasteiger partial charge in [0.05, 0.1) is 5.52 Å². The van der Waals surface area contributed by atoms with Crippen LogP contribution in [0.4, 0.5) is 5.82 Å². The lowest BCUT2D eigenvalue weighted by atomic mass is 10.1. The molecule has 10 heteroatoms. The Hall–Kier alpha value is -5.12. The highest BCUT2D eigenvalue weighted by atomic mass is 16.7. The molecule has 0 radical (unpaired) electrons. The molecule has 1 saturated heterocycles. The van der Waals surface area contributed by atoms with E-state index in [-0.39, 0.29) is 25.2 Å². The fraction of sp³-hybridized carbons (Fsp3) is 0.226. The molecule has 0 saturated carbocycles. The van der Waals surface area contributed by atoms with Gasteiger partial charge in [0, 0.05) is 25.4 Å². The number of para-hydroxylation sites is 2. The predicted octanol–water partition coefficient (Wildman–Crippen LogP) is 4.63. The van der Waals surface area contributed by atoms with Gasteiger partial charge in [-0.3, -0.25) is 14.2 Å². The summed E-state index contributed by atoms with van der Waals surface area (Å²) in [4.78, 5) is 41.5. The predicted molar refractivity (Wildman–Crippen MR) is 155 cm³/mol. The summed E-state index contributed by atoms with van der Waals surface area (Å²) in [6, 6.07) is 17.9. The van der Waals surface area contributed by atoms with Crippen LogP contribution in [0.3, 0.4) is 0 Å². The number of anilines is 1. The molecule has 0 bridgehead atoms. The number of amides is 2. The first-order valence-corrected chi connectivity index (χ1v) is 13.4. The van der Waals surface area contributed by atoms with E-state index in [2.05, 4.69) is 10.3 Å². The van der Waals surface area contributed by atoms with E-state index in [0.29, 0.717) is 16.9 Å². The van der Waals surface area contributed by atoms with E-state index in [1.165, 1.54) is 11.0 Å². The molecule has 4 aromatic rings. The van der Waals surface area contributed by atoms with Gasteiger partial charge in [-0.05, 0) is 61.2 Å². The molecule has 2 aliphatic rings. The Morgan fingerprint density at radius 2 is 1.73 bits per heavy atom. The van der Waals surface area contributed by atoms with E-state index in [0.717, 1.165) is 43.0 Å². The zero-order chi connectivity index (χ0) is 28.4. The van der Waals surface area contributed by atoms with Gasteiger partial charge in [0.2, 0.25) is 18.6 Å². The largest absolute Gasteiger partial charge is 0.454 e. The van der Waals surface area contributed by atoms with Crippen LogP contribution in [0.5, 0.6) is 11.5 Å². The molecule has 210 valence electrons. The molecule has 41 heavy (non-hydrogen) atoms. The highest BCUT2D eigenvalue weighted by Crippen LogP contribution is 2.32. The molecular weight excluding hydrogens is 524 g/mol. The Balaban J connectivity index is 0.000000165. The van der Waals surface area contributed by atoms with Crippen LogP contribution < -0.4 is 20.5 Å². The molecule has 10 nitrogen and oxygen atoms in total. The van der Waals surface area contributed by atoms with Crippen LogP contribution >= 0.6 is 0 Å². The van der Waals surface area contributed by atoms with Crippen LogP contribution in [-0.4, -0.2) is 46.1 Å². The Kier molecular flexibility index (Phi) is 8.90. The van der Waals surface area contributed by atoms with Crippen molar-refractivity contribution >= 4 is 34.8 Å². The van der Waals surface area contributed by atoms with E-state index < -0.39 is 5.76 Å². The van der Waals surface area contributed by atoms with Gasteiger partial charge in [-0.1, -0.05) is 42.5 Å². The lowest BCUT2D eigenvalue weighted by molar-refractivity contribution is -0.126. The van der Waals surface area contributed by atoms with Crippen molar-refractivity contribution in [1.82, 2.24) is 14.5 Å². The number of allylic oxidation sites excluding steroid dienone is 2. The van der Waals surface area contributed by atoms with Crippen LogP contribution in [0.25, 0.3) is 17.2 Å². The maximum absolute atomic E-state index is 11.9.